The molecule has 1 aliphatic carbocycles. The molecule has 2 heteroatoms. The average Bonchev–Trinajstić information content (AvgIpc) is 2.88. The van der Waals surface area contributed by atoms with E-state index in [0.29, 0.717) is 0 Å². The molecule has 0 radical (unpaired) electrons. The smallest absolute Gasteiger partial charge is 0.0695 e. The molecule has 1 atom stereocenters. The van der Waals surface area contributed by atoms with Gasteiger partial charge in [-0.1, -0.05) is 6.42 Å². The Morgan fingerprint density at radius 3 is 2.75 bits per heavy atom. The van der Waals surface area contributed by atoms with Crippen LogP contribution in [0, 0.1) is 0 Å². The highest BCUT2D eigenvalue weighted by Gasteiger charge is 2.44. The summed E-state index contributed by atoms with van der Waals surface area (Å²) < 4.78 is 5.51. The zero-order valence-corrected chi connectivity index (χ0v) is 7.94. The molecule has 2 fully saturated rings. The third-order valence-electron chi connectivity index (χ3n) is 3.27. The van der Waals surface area contributed by atoms with Crippen molar-refractivity contribution >= 4 is 0 Å². The van der Waals surface area contributed by atoms with Crippen LogP contribution in [0.3, 0.4) is 0 Å². The Morgan fingerprint density at radius 2 is 2.25 bits per heavy atom. The van der Waals surface area contributed by atoms with Gasteiger partial charge < -0.3 is 10.1 Å². The van der Waals surface area contributed by atoms with Crippen LogP contribution >= 0.6 is 0 Å². The maximum absolute atomic E-state index is 5.51. The number of piperidine rings is 1. The van der Waals surface area contributed by atoms with E-state index in [9.17, 15) is 0 Å². The maximum atomic E-state index is 5.51. The van der Waals surface area contributed by atoms with Crippen molar-refractivity contribution in [2.24, 2.45) is 0 Å². The molecule has 1 unspecified atom stereocenters. The third-order valence-corrected chi connectivity index (χ3v) is 3.27. The molecule has 12 heavy (non-hydrogen) atoms. The van der Waals surface area contributed by atoms with Crippen LogP contribution in [0.1, 0.15) is 38.5 Å². The SMILES string of the molecule is COC1(CC2CCCCN2)CC1. The van der Waals surface area contributed by atoms with Crippen LogP contribution in [0.15, 0.2) is 0 Å². The zero-order valence-electron chi connectivity index (χ0n) is 7.94. The molecular weight excluding hydrogens is 150 g/mol. The van der Waals surface area contributed by atoms with Crippen molar-refractivity contribution in [1.29, 1.82) is 0 Å². The number of hydrogen-bond donors (Lipinski definition) is 1. The number of nitrogens with one attached hydrogen (secondary N) is 1. The van der Waals surface area contributed by atoms with Crippen molar-refractivity contribution in [3.05, 3.63) is 0 Å². The highest BCUT2D eigenvalue weighted by molar-refractivity contribution is 4.98. The molecule has 1 aliphatic heterocycles. The average molecular weight is 169 g/mol. The lowest BCUT2D eigenvalue weighted by Gasteiger charge is -2.26. The van der Waals surface area contributed by atoms with E-state index in [4.69, 9.17) is 4.74 Å². The monoisotopic (exact) mass is 169 g/mol. The zero-order chi connectivity index (χ0) is 8.44. The van der Waals surface area contributed by atoms with E-state index in [-0.39, 0.29) is 5.60 Å². The van der Waals surface area contributed by atoms with Crippen LogP contribution in [0.2, 0.25) is 0 Å². The molecule has 0 aromatic carbocycles. The second-order valence-corrected chi connectivity index (χ2v) is 4.24. The molecule has 2 rings (SSSR count). The maximum Gasteiger partial charge on any atom is 0.0695 e. The van der Waals surface area contributed by atoms with E-state index in [1.54, 1.807) is 0 Å². The minimum atomic E-state index is 0.287. The van der Waals surface area contributed by atoms with E-state index in [1.165, 1.54) is 45.1 Å². The fourth-order valence-corrected chi connectivity index (χ4v) is 2.18. The number of hydrogen-bond acceptors (Lipinski definition) is 2. The summed E-state index contributed by atoms with van der Waals surface area (Å²) in [5.74, 6) is 0. The van der Waals surface area contributed by atoms with Gasteiger partial charge in [0.05, 0.1) is 5.60 Å². The molecule has 1 heterocycles. The molecule has 2 aliphatic rings. The van der Waals surface area contributed by atoms with E-state index < -0.39 is 0 Å². The van der Waals surface area contributed by atoms with Crippen molar-refractivity contribution in [1.82, 2.24) is 5.32 Å². The van der Waals surface area contributed by atoms with Gasteiger partial charge in [0.25, 0.3) is 0 Å². The first-order valence-corrected chi connectivity index (χ1v) is 5.13. The number of ether oxygens (including phenoxy) is 1. The highest BCUT2D eigenvalue weighted by atomic mass is 16.5. The van der Waals surface area contributed by atoms with Crippen LogP contribution in [-0.4, -0.2) is 25.3 Å². The molecule has 0 amide bonds. The second kappa shape index (κ2) is 3.35. The van der Waals surface area contributed by atoms with Gasteiger partial charge in [0, 0.05) is 13.2 Å². The van der Waals surface area contributed by atoms with Gasteiger partial charge in [-0.15, -0.1) is 0 Å². The Hall–Kier alpha value is -0.0800. The predicted octanol–water partition coefficient (Wildman–Crippen LogP) is 1.70. The van der Waals surface area contributed by atoms with Gasteiger partial charge in [0.1, 0.15) is 0 Å². The van der Waals surface area contributed by atoms with Crippen LogP contribution in [0.4, 0.5) is 0 Å². The van der Waals surface area contributed by atoms with Gasteiger partial charge in [0.2, 0.25) is 0 Å². The highest BCUT2D eigenvalue weighted by Crippen LogP contribution is 2.43. The van der Waals surface area contributed by atoms with Gasteiger partial charge in [-0.3, -0.25) is 0 Å². The number of methoxy groups -OCH3 is 1. The fraction of sp³-hybridized carbons (Fsp3) is 1.00. The molecule has 1 saturated heterocycles. The van der Waals surface area contributed by atoms with Crippen molar-refractivity contribution < 1.29 is 4.74 Å². The summed E-state index contributed by atoms with van der Waals surface area (Å²) in [5, 5.41) is 3.57. The van der Waals surface area contributed by atoms with Crippen molar-refractivity contribution in [3.8, 4) is 0 Å². The van der Waals surface area contributed by atoms with Crippen molar-refractivity contribution in [3.63, 3.8) is 0 Å². The van der Waals surface area contributed by atoms with E-state index in [0.717, 1.165) is 6.04 Å². The Bertz CT molecular complexity index is 148. The summed E-state index contributed by atoms with van der Waals surface area (Å²) in [5.41, 5.74) is 0.287. The van der Waals surface area contributed by atoms with E-state index >= 15 is 0 Å². The fourth-order valence-electron chi connectivity index (χ4n) is 2.18. The Kier molecular flexibility index (Phi) is 2.37. The lowest BCUT2D eigenvalue weighted by Crippen LogP contribution is -2.37. The molecule has 1 saturated carbocycles. The topological polar surface area (TPSA) is 21.3 Å². The lowest BCUT2D eigenvalue weighted by molar-refractivity contribution is 0.0601. The predicted molar refractivity (Wildman–Crippen MR) is 49.2 cm³/mol. The minimum Gasteiger partial charge on any atom is -0.378 e. The minimum absolute atomic E-state index is 0.287. The molecule has 70 valence electrons. The molecule has 0 aromatic rings. The number of rotatable bonds is 3. The van der Waals surface area contributed by atoms with Crippen LogP contribution < -0.4 is 5.32 Å². The standard InChI is InChI=1S/C10H19NO/c1-12-10(5-6-10)8-9-4-2-3-7-11-9/h9,11H,2-8H2,1H3. The third kappa shape index (κ3) is 1.80. The summed E-state index contributed by atoms with van der Waals surface area (Å²) >= 11 is 0. The van der Waals surface area contributed by atoms with Crippen LogP contribution in [0.25, 0.3) is 0 Å². The molecule has 2 nitrogen and oxygen atoms in total. The molecule has 1 N–H and O–H groups in total. The van der Waals surface area contributed by atoms with Gasteiger partial charge >= 0.3 is 0 Å². The van der Waals surface area contributed by atoms with Gasteiger partial charge in [0.15, 0.2) is 0 Å². The Balaban J connectivity index is 1.77. The van der Waals surface area contributed by atoms with Crippen molar-refractivity contribution in [2.45, 2.75) is 50.2 Å². The van der Waals surface area contributed by atoms with E-state index in [2.05, 4.69) is 5.32 Å². The summed E-state index contributed by atoms with van der Waals surface area (Å²) in [6, 6.07) is 0.737. The first-order valence-electron chi connectivity index (χ1n) is 5.13. The van der Waals surface area contributed by atoms with E-state index in [1.807, 2.05) is 7.11 Å². The van der Waals surface area contributed by atoms with Crippen molar-refractivity contribution in [2.75, 3.05) is 13.7 Å². The van der Waals surface area contributed by atoms with Crippen LogP contribution in [0.5, 0.6) is 0 Å². The first kappa shape index (κ1) is 8.52. The quantitative estimate of drug-likeness (QED) is 0.694. The normalized spacial score (nSPS) is 33.2. The lowest BCUT2D eigenvalue weighted by atomic mass is 9.98. The van der Waals surface area contributed by atoms with Gasteiger partial charge in [-0.25, -0.2) is 0 Å². The summed E-state index contributed by atoms with van der Waals surface area (Å²) in [6.45, 7) is 1.21. The molecule has 0 aromatic heterocycles. The van der Waals surface area contributed by atoms with Gasteiger partial charge in [-0.05, 0) is 38.6 Å². The molecule has 0 bridgehead atoms. The molecular formula is C10H19NO. The summed E-state index contributed by atoms with van der Waals surface area (Å²) in [7, 11) is 1.86. The summed E-state index contributed by atoms with van der Waals surface area (Å²) in [6.07, 6.45) is 7.91. The largest absolute Gasteiger partial charge is 0.378 e. The van der Waals surface area contributed by atoms with Gasteiger partial charge in [-0.2, -0.15) is 0 Å². The second-order valence-electron chi connectivity index (χ2n) is 4.24. The molecule has 0 spiro atoms. The Morgan fingerprint density at radius 1 is 1.42 bits per heavy atom. The Labute approximate surface area is 74.7 Å². The first-order chi connectivity index (χ1) is 5.85. The van der Waals surface area contributed by atoms with Crippen LogP contribution in [-0.2, 0) is 4.74 Å². The summed E-state index contributed by atoms with van der Waals surface area (Å²) in [4.78, 5) is 0.